The average Bonchev–Trinajstić information content (AvgIpc) is 2.94. The fourth-order valence-corrected chi connectivity index (χ4v) is 7.51. The Kier molecular flexibility index (Phi) is 7.96. The van der Waals surface area contributed by atoms with Gasteiger partial charge in [0.05, 0.1) is 23.8 Å². The molecular weight excluding hydrogens is 538 g/mol. The smallest absolute Gasteiger partial charge is 0.330 e. The summed E-state index contributed by atoms with van der Waals surface area (Å²) in [5.74, 6) is 2.16. The minimum Gasteiger partial charge on any atom is -0.406 e. The van der Waals surface area contributed by atoms with Crippen molar-refractivity contribution in [2.45, 2.75) is 65.8 Å². The summed E-state index contributed by atoms with van der Waals surface area (Å²) in [6, 6.07) is 17.3. The van der Waals surface area contributed by atoms with Gasteiger partial charge in [0.1, 0.15) is 22.0 Å². The Hall–Kier alpha value is -2.94. The first-order valence-corrected chi connectivity index (χ1v) is 15.3. The van der Waals surface area contributed by atoms with Gasteiger partial charge in [0.2, 0.25) is 5.95 Å². The third-order valence-electron chi connectivity index (χ3n) is 8.91. The highest BCUT2D eigenvalue weighted by Gasteiger charge is 2.47. The SMILES string of the molecule is CC1CC(C(C)(C)C)CCC1(O[SiH3])N(C)c1ncc2c(n1)N(Cc1ccccc1)C(=O)N(c1ccccc1Cl)C2. The summed E-state index contributed by atoms with van der Waals surface area (Å²) < 4.78 is 6.43. The van der Waals surface area contributed by atoms with Crippen LogP contribution in [-0.4, -0.2) is 39.3 Å². The molecule has 1 saturated carbocycles. The van der Waals surface area contributed by atoms with Crippen LogP contribution in [0.2, 0.25) is 5.02 Å². The Labute approximate surface area is 246 Å². The molecule has 0 bridgehead atoms. The minimum absolute atomic E-state index is 0.162. The molecule has 2 aliphatic rings. The Bertz CT molecular complexity index is 1370. The first-order valence-electron chi connectivity index (χ1n) is 14.1. The van der Waals surface area contributed by atoms with Crippen LogP contribution in [0.15, 0.2) is 60.8 Å². The van der Waals surface area contributed by atoms with E-state index in [1.165, 1.54) is 0 Å². The van der Waals surface area contributed by atoms with Crippen LogP contribution < -0.4 is 14.7 Å². The van der Waals surface area contributed by atoms with Crippen molar-refractivity contribution in [2.24, 2.45) is 17.3 Å². The number of aromatic nitrogens is 2. The minimum atomic E-state index is -0.464. The van der Waals surface area contributed by atoms with Gasteiger partial charge in [-0.3, -0.25) is 9.80 Å². The number of nitrogens with zero attached hydrogens (tertiary/aromatic N) is 5. The lowest BCUT2D eigenvalue weighted by Crippen LogP contribution is -2.57. The van der Waals surface area contributed by atoms with Crippen LogP contribution in [0.4, 0.5) is 22.2 Å². The van der Waals surface area contributed by atoms with Gasteiger partial charge in [0.25, 0.3) is 0 Å². The van der Waals surface area contributed by atoms with Crippen LogP contribution >= 0.6 is 11.6 Å². The molecule has 212 valence electrons. The van der Waals surface area contributed by atoms with E-state index in [9.17, 15) is 4.79 Å². The highest BCUT2D eigenvalue weighted by molar-refractivity contribution is 6.34. The molecule has 0 spiro atoms. The van der Waals surface area contributed by atoms with Gasteiger partial charge < -0.3 is 9.33 Å². The molecule has 3 unspecified atom stereocenters. The van der Waals surface area contributed by atoms with Crippen molar-refractivity contribution in [2.75, 3.05) is 21.7 Å². The standard InChI is InChI=1S/C31H40ClN5O2Si/c1-21-17-24(30(2,3)4)15-16-31(21,39-40)35(5)28-33-18-23-20-36(26-14-10-9-13-25(26)32)29(38)37(27(23)34-28)19-22-11-7-6-8-12-22/h6-14,18,21,24H,15-17,19-20H2,1-5,40H3. The Morgan fingerprint density at radius 1 is 1.15 bits per heavy atom. The second-order valence-electron chi connectivity index (χ2n) is 12.3. The molecule has 3 atom stereocenters. The molecule has 5 rings (SSSR count). The van der Waals surface area contributed by atoms with E-state index >= 15 is 0 Å². The van der Waals surface area contributed by atoms with Gasteiger partial charge in [0.15, 0.2) is 0 Å². The lowest BCUT2D eigenvalue weighted by atomic mass is 9.66. The second kappa shape index (κ2) is 11.1. The highest BCUT2D eigenvalue weighted by Crippen LogP contribution is 2.47. The number of carbonyl (C=O) groups excluding carboxylic acids is 1. The molecule has 0 saturated heterocycles. The van der Waals surface area contributed by atoms with E-state index in [0.29, 0.717) is 57.9 Å². The molecule has 0 N–H and O–H groups in total. The maximum atomic E-state index is 14.0. The zero-order chi connectivity index (χ0) is 28.7. The van der Waals surface area contributed by atoms with Gasteiger partial charge in [-0.2, -0.15) is 4.98 Å². The number of para-hydroxylation sites is 1. The van der Waals surface area contributed by atoms with E-state index in [2.05, 4.69) is 32.6 Å². The summed E-state index contributed by atoms with van der Waals surface area (Å²) in [5, 5.41) is 0.530. The second-order valence-corrected chi connectivity index (χ2v) is 13.1. The molecule has 1 fully saturated rings. The fraction of sp³-hybridized carbons (Fsp3) is 0.452. The van der Waals surface area contributed by atoms with Crippen molar-refractivity contribution in [3.63, 3.8) is 0 Å². The number of amides is 2. The molecule has 3 aromatic rings. The van der Waals surface area contributed by atoms with E-state index in [-0.39, 0.29) is 11.4 Å². The highest BCUT2D eigenvalue weighted by atomic mass is 35.5. The normalized spacial score (nSPS) is 23.3. The number of anilines is 3. The molecule has 9 heteroatoms. The monoisotopic (exact) mass is 577 g/mol. The van der Waals surface area contributed by atoms with E-state index in [0.717, 1.165) is 30.4 Å². The molecule has 1 aliphatic heterocycles. The summed E-state index contributed by atoms with van der Waals surface area (Å²) in [7, 11) is 2.65. The summed E-state index contributed by atoms with van der Waals surface area (Å²) in [6.07, 6.45) is 4.96. The molecule has 7 nitrogen and oxygen atoms in total. The van der Waals surface area contributed by atoms with Crippen LogP contribution in [0.5, 0.6) is 0 Å². The van der Waals surface area contributed by atoms with Crippen molar-refractivity contribution in [1.29, 1.82) is 0 Å². The van der Waals surface area contributed by atoms with E-state index in [1.54, 1.807) is 15.9 Å². The largest absolute Gasteiger partial charge is 0.406 e. The van der Waals surface area contributed by atoms with Crippen molar-refractivity contribution in [1.82, 2.24) is 9.97 Å². The van der Waals surface area contributed by atoms with E-state index in [1.807, 2.05) is 61.8 Å². The zero-order valence-electron chi connectivity index (χ0n) is 24.4. The number of urea groups is 1. The van der Waals surface area contributed by atoms with Gasteiger partial charge in [-0.25, -0.2) is 9.78 Å². The van der Waals surface area contributed by atoms with Gasteiger partial charge in [-0.05, 0) is 48.3 Å². The zero-order valence-corrected chi connectivity index (χ0v) is 27.2. The van der Waals surface area contributed by atoms with Gasteiger partial charge in [-0.15, -0.1) is 0 Å². The first kappa shape index (κ1) is 28.6. The summed E-state index contributed by atoms with van der Waals surface area (Å²) in [4.78, 5) is 29.5. The molecular formula is C31H40ClN5O2Si. The third kappa shape index (κ3) is 5.24. The van der Waals surface area contributed by atoms with Crippen LogP contribution in [0.25, 0.3) is 0 Å². The number of hydrogen-bond donors (Lipinski definition) is 0. The average molecular weight is 578 g/mol. The summed E-state index contributed by atoms with van der Waals surface area (Å²) >= 11 is 6.53. The first-order chi connectivity index (χ1) is 19.0. The summed E-state index contributed by atoms with van der Waals surface area (Å²) in [5.41, 5.74) is 2.36. The van der Waals surface area contributed by atoms with Crippen LogP contribution in [0.3, 0.4) is 0 Å². The number of carbonyl (C=O) groups is 1. The van der Waals surface area contributed by atoms with Crippen LogP contribution in [0, 0.1) is 17.3 Å². The number of rotatable bonds is 6. The molecule has 40 heavy (non-hydrogen) atoms. The van der Waals surface area contributed by atoms with E-state index < -0.39 is 5.72 Å². The third-order valence-corrected chi connectivity index (χ3v) is 9.93. The number of halogens is 1. The topological polar surface area (TPSA) is 61.8 Å². The van der Waals surface area contributed by atoms with Crippen LogP contribution in [-0.2, 0) is 17.5 Å². The van der Waals surface area contributed by atoms with Crippen LogP contribution in [0.1, 0.15) is 58.1 Å². The van der Waals surface area contributed by atoms with Crippen molar-refractivity contribution in [3.8, 4) is 0 Å². The predicted molar refractivity (Wildman–Crippen MR) is 166 cm³/mol. The summed E-state index contributed by atoms with van der Waals surface area (Å²) in [6.45, 7) is 10.0. The molecule has 1 aliphatic carbocycles. The van der Waals surface area contributed by atoms with E-state index in [4.69, 9.17) is 26.0 Å². The lowest BCUT2D eigenvalue weighted by Gasteiger charge is -2.52. The maximum absolute atomic E-state index is 14.0. The molecule has 2 aromatic carbocycles. The van der Waals surface area contributed by atoms with Gasteiger partial charge in [0, 0.05) is 24.7 Å². The molecule has 2 heterocycles. The van der Waals surface area contributed by atoms with Crippen molar-refractivity contribution >= 4 is 45.6 Å². The predicted octanol–water partition coefficient (Wildman–Crippen LogP) is 6.19. The molecule has 1 aromatic heterocycles. The van der Waals surface area contributed by atoms with Gasteiger partial charge in [-0.1, -0.05) is 81.8 Å². The lowest BCUT2D eigenvalue weighted by molar-refractivity contribution is -0.0433. The van der Waals surface area contributed by atoms with Gasteiger partial charge >= 0.3 is 6.03 Å². The molecule has 2 amide bonds. The Morgan fingerprint density at radius 2 is 1.85 bits per heavy atom. The van der Waals surface area contributed by atoms with Crippen molar-refractivity contribution < 1.29 is 9.22 Å². The van der Waals surface area contributed by atoms with Crippen molar-refractivity contribution in [3.05, 3.63) is 76.9 Å². The molecule has 0 radical (unpaired) electrons. The maximum Gasteiger partial charge on any atom is 0.330 e. The fourth-order valence-electron chi connectivity index (χ4n) is 6.39. The number of hydrogen-bond acceptors (Lipinski definition) is 5. The quantitative estimate of drug-likeness (QED) is 0.258. The Morgan fingerprint density at radius 3 is 2.50 bits per heavy atom. The Balaban J connectivity index is 1.52. The number of benzene rings is 2. The number of fused-ring (bicyclic) bond motifs is 1.